The third-order valence-corrected chi connectivity index (χ3v) is 3.10. The van der Waals surface area contributed by atoms with E-state index in [1.165, 1.54) is 6.92 Å². The molecule has 0 N–H and O–H groups in total. The van der Waals surface area contributed by atoms with Gasteiger partial charge in [0.2, 0.25) is 0 Å². The van der Waals surface area contributed by atoms with E-state index in [9.17, 15) is 22.4 Å². The lowest BCUT2D eigenvalue weighted by atomic mass is 10.0. The molecular weight excluding hydrogens is 292 g/mol. The van der Waals surface area contributed by atoms with E-state index in [1.54, 1.807) is 0 Å². The second kappa shape index (κ2) is 4.53. The summed E-state index contributed by atoms with van der Waals surface area (Å²) in [5.41, 5.74) is -1.67. The Balaban J connectivity index is 3.30. The van der Waals surface area contributed by atoms with Gasteiger partial charge in [0.1, 0.15) is 16.4 Å². The van der Waals surface area contributed by atoms with Crippen molar-refractivity contribution in [1.29, 1.82) is 0 Å². The van der Waals surface area contributed by atoms with Gasteiger partial charge in [0.25, 0.3) is 0 Å². The Morgan fingerprint density at radius 2 is 1.94 bits per heavy atom. The Morgan fingerprint density at radius 3 is 2.38 bits per heavy atom. The standard InChI is InChI=1S/C10H7BrF4O/c1-5(16)8(11)6-3-2-4-7(9(6)12)10(13,14)15/h2-4,8H,1H3. The zero-order chi connectivity index (χ0) is 12.5. The van der Waals surface area contributed by atoms with Crippen molar-refractivity contribution in [3.05, 3.63) is 35.1 Å². The van der Waals surface area contributed by atoms with Crippen molar-refractivity contribution in [3.63, 3.8) is 0 Å². The maximum absolute atomic E-state index is 13.5. The van der Waals surface area contributed by atoms with Crippen LogP contribution in [0.2, 0.25) is 0 Å². The predicted octanol–water partition coefficient (Wildman–Crippen LogP) is 3.87. The van der Waals surface area contributed by atoms with Gasteiger partial charge in [0, 0.05) is 5.56 Å². The lowest BCUT2D eigenvalue weighted by molar-refractivity contribution is -0.140. The van der Waals surface area contributed by atoms with Crippen LogP contribution in [0.5, 0.6) is 0 Å². The molecule has 0 aliphatic heterocycles. The predicted molar refractivity (Wildman–Crippen MR) is 53.8 cm³/mol. The first-order chi connectivity index (χ1) is 7.25. The van der Waals surface area contributed by atoms with Crippen molar-refractivity contribution in [3.8, 4) is 0 Å². The lowest BCUT2D eigenvalue weighted by Gasteiger charge is -2.13. The van der Waals surface area contributed by atoms with E-state index in [-0.39, 0.29) is 5.56 Å². The fraction of sp³-hybridized carbons (Fsp3) is 0.300. The molecule has 0 spiro atoms. The number of alkyl halides is 4. The summed E-state index contributed by atoms with van der Waals surface area (Å²) in [6.45, 7) is 1.17. The second-order valence-corrected chi connectivity index (χ2v) is 4.10. The molecule has 1 nitrogen and oxygen atoms in total. The molecule has 0 aliphatic rings. The number of hydrogen-bond donors (Lipinski definition) is 0. The van der Waals surface area contributed by atoms with Gasteiger partial charge >= 0.3 is 6.18 Å². The number of rotatable bonds is 2. The molecule has 1 rings (SSSR count). The van der Waals surface area contributed by atoms with Gasteiger partial charge in [-0.05, 0) is 13.0 Å². The molecule has 0 bridgehead atoms. The summed E-state index contributed by atoms with van der Waals surface area (Å²) in [6.07, 6.45) is -4.76. The van der Waals surface area contributed by atoms with E-state index < -0.39 is 28.2 Å². The third kappa shape index (κ3) is 2.61. The highest BCUT2D eigenvalue weighted by molar-refractivity contribution is 9.09. The second-order valence-electron chi connectivity index (χ2n) is 3.18. The van der Waals surface area contributed by atoms with E-state index in [0.29, 0.717) is 6.07 Å². The molecule has 1 aromatic carbocycles. The van der Waals surface area contributed by atoms with Crippen molar-refractivity contribution >= 4 is 21.7 Å². The Morgan fingerprint density at radius 1 is 1.38 bits per heavy atom. The zero-order valence-electron chi connectivity index (χ0n) is 8.11. The summed E-state index contributed by atoms with van der Waals surface area (Å²) in [4.78, 5) is 9.90. The summed E-state index contributed by atoms with van der Waals surface area (Å²) in [6, 6.07) is 2.85. The van der Waals surface area contributed by atoms with Gasteiger partial charge in [0.05, 0.1) is 5.56 Å². The van der Waals surface area contributed by atoms with Crippen molar-refractivity contribution in [1.82, 2.24) is 0 Å². The molecule has 0 aliphatic carbocycles. The van der Waals surface area contributed by atoms with Crippen molar-refractivity contribution in [2.45, 2.75) is 17.9 Å². The van der Waals surface area contributed by atoms with Crippen molar-refractivity contribution < 1.29 is 22.4 Å². The Hall–Kier alpha value is -0.910. The van der Waals surface area contributed by atoms with Gasteiger partial charge in [0.15, 0.2) is 0 Å². The van der Waals surface area contributed by atoms with Crippen molar-refractivity contribution in [2.75, 3.05) is 0 Å². The van der Waals surface area contributed by atoms with E-state index in [0.717, 1.165) is 12.1 Å². The molecule has 0 heterocycles. The average Bonchev–Trinajstić information content (AvgIpc) is 2.15. The number of benzene rings is 1. The summed E-state index contributed by atoms with van der Waals surface area (Å²) in [5, 5.41) is 0. The minimum Gasteiger partial charge on any atom is -0.298 e. The molecule has 1 aromatic rings. The molecule has 0 saturated heterocycles. The average molecular weight is 299 g/mol. The van der Waals surface area contributed by atoms with Gasteiger partial charge in [-0.15, -0.1) is 0 Å². The molecule has 6 heteroatoms. The van der Waals surface area contributed by atoms with E-state index in [1.807, 2.05) is 0 Å². The summed E-state index contributed by atoms with van der Waals surface area (Å²) >= 11 is 2.85. The molecule has 16 heavy (non-hydrogen) atoms. The molecule has 0 radical (unpaired) electrons. The maximum atomic E-state index is 13.5. The minimum absolute atomic E-state index is 0.303. The SMILES string of the molecule is CC(=O)C(Br)c1cccc(C(F)(F)F)c1F. The number of halogens is 5. The zero-order valence-corrected chi connectivity index (χ0v) is 9.69. The quantitative estimate of drug-likeness (QED) is 0.598. The molecule has 88 valence electrons. The highest BCUT2D eigenvalue weighted by Crippen LogP contribution is 2.35. The van der Waals surface area contributed by atoms with Gasteiger partial charge in [-0.25, -0.2) is 4.39 Å². The first kappa shape index (κ1) is 13.2. The van der Waals surface area contributed by atoms with Crippen LogP contribution < -0.4 is 0 Å². The summed E-state index contributed by atoms with van der Waals surface area (Å²) < 4.78 is 50.5. The van der Waals surface area contributed by atoms with Crippen LogP contribution in [-0.4, -0.2) is 5.78 Å². The fourth-order valence-electron chi connectivity index (χ4n) is 1.18. The summed E-state index contributed by atoms with van der Waals surface area (Å²) in [7, 11) is 0. The lowest BCUT2D eigenvalue weighted by Crippen LogP contribution is -2.12. The number of carbonyl (C=O) groups excluding carboxylic acids is 1. The van der Waals surface area contributed by atoms with Crippen LogP contribution in [0.25, 0.3) is 0 Å². The van der Waals surface area contributed by atoms with Crippen LogP contribution in [0.15, 0.2) is 18.2 Å². The number of hydrogen-bond acceptors (Lipinski definition) is 1. The largest absolute Gasteiger partial charge is 0.419 e. The van der Waals surface area contributed by atoms with Gasteiger partial charge < -0.3 is 0 Å². The minimum atomic E-state index is -4.76. The van der Waals surface area contributed by atoms with Crippen LogP contribution in [-0.2, 0) is 11.0 Å². The maximum Gasteiger partial charge on any atom is 0.419 e. The highest BCUT2D eigenvalue weighted by atomic mass is 79.9. The first-order valence-corrected chi connectivity index (χ1v) is 5.17. The van der Waals surface area contributed by atoms with Gasteiger partial charge in [-0.2, -0.15) is 13.2 Å². The summed E-state index contributed by atoms with van der Waals surface area (Å²) in [5.74, 6) is -1.87. The topological polar surface area (TPSA) is 17.1 Å². The highest BCUT2D eigenvalue weighted by Gasteiger charge is 2.35. The molecule has 1 atom stereocenters. The van der Waals surface area contributed by atoms with Crippen LogP contribution in [0.4, 0.5) is 17.6 Å². The number of Topliss-reactive ketones (excluding diaryl/α,β-unsaturated/α-hetero) is 1. The van der Waals surface area contributed by atoms with Crippen LogP contribution >= 0.6 is 15.9 Å². The monoisotopic (exact) mass is 298 g/mol. The molecule has 1 unspecified atom stereocenters. The Kier molecular flexibility index (Phi) is 3.72. The van der Waals surface area contributed by atoms with Gasteiger partial charge in [-0.1, -0.05) is 28.1 Å². The molecule has 0 amide bonds. The fourth-order valence-corrected chi connectivity index (χ4v) is 1.54. The third-order valence-electron chi connectivity index (χ3n) is 1.96. The van der Waals surface area contributed by atoms with Gasteiger partial charge in [-0.3, -0.25) is 4.79 Å². The molecule has 0 fully saturated rings. The smallest absolute Gasteiger partial charge is 0.298 e. The normalized spacial score (nSPS) is 13.6. The first-order valence-electron chi connectivity index (χ1n) is 4.25. The van der Waals surface area contributed by atoms with E-state index in [2.05, 4.69) is 15.9 Å². The van der Waals surface area contributed by atoms with Crippen molar-refractivity contribution in [2.24, 2.45) is 0 Å². The van der Waals surface area contributed by atoms with Crippen LogP contribution in [0.3, 0.4) is 0 Å². The van der Waals surface area contributed by atoms with Crippen LogP contribution in [0.1, 0.15) is 22.9 Å². The number of carbonyl (C=O) groups is 1. The van der Waals surface area contributed by atoms with E-state index in [4.69, 9.17) is 0 Å². The number of ketones is 1. The molecule has 0 saturated carbocycles. The Labute approximate surface area is 97.6 Å². The van der Waals surface area contributed by atoms with E-state index >= 15 is 0 Å². The molecular formula is C10H7BrF4O. The Bertz CT molecular complexity index is 414. The molecule has 0 aromatic heterocycles. The van der Waals surface area contributed by atoms with Crippen LogP contribution in [0, 0.1) is 5.82 Å².